The van der Waals surface area contributed by atoms with Gasteiger partial charge in [-0.2, -0.15) is 5.26 Å². The molecule has 1 saturated carbocycles. The SMILES string of the molecule is CN(CCCNc1cc(Br)cc(C#N)c1)C1CCCCC1. The normalized spacial score (nSPS) is 15.9. The molecule has 0 bridgehead atoms. The van der Waals surface area contributed by atoms with Crippen LogP contribution >= 0.6 is 15.9 Å². The summed E-state index contributed by atoms with van der Waals surface area (Å²) in [6, 6.07) is 8.72. The van der Waals surface area contributed by atoms with Crippen LogP contribution in [-0.4, -0.2) is 31.1 Å². The molecule has 3 nitrogen and oxygen atoms in total. The Bertz CT molecular complexity index is 489. The monoisotopic (exact) mass is 349 g/mol. The Morgan fingerprint density at radius 3 is 2.76 bits per heavy atom. The van der Waals surface area contributed by atoms with Gasteiger partial charge in [-0.1, -0.05) is 35.2 Å². The van der Waals surface area contributed by atoms with Crippen molar-refractivity contribution in [2.45, 2.75) is 44.6 Å². The summed E-state index contributed by atoms with van der Waals surface area (Å²) in [6.45, 7) is 2.08. The Morgan fingerprint density at radius 1 is 1.29 bits per heavy atom. The van der Waals surface area contributed by atoms with Gasteiger partial charge < -0.3 is 10.2 Å². The highest BCUT2D eigenvalue weighted by Gasteiger charge is 2.17. The van der Waals surface area contributed by atoms with Crippen LogP contribution in [0.4, 0.5) is 5.69 Å². The van der Waals surface area contributed by atoms with E-state index in [-0.39, 0.29) is 0 Å². The standard InChI is InChI=1S/C17H24BrN3/c1-21(17-6-3-2-4-7-17)9-5-8-20-16-11-14(13-19)10-15(18)12-16/h10-12,17,20H,2-9H2,1H3. The van der Waals surface area contributed by atoms with Crippen LogP contribution in [-0.2, 0) is 0 Å². The quantitative estimate of drug-likeness (QED) is 0.774. The molecule has 0 unspecified atom stereocenters. The van der Waals surface area contributed by atoms with Crippen LogP contribution < -0.4 is 5.32 Å². The summed E-state index contributed by atoms with van der Waals surface area (Å²) in [5, 5.41) is 12.4. The zero-order valence-corrected chi connectivity index (χ0v) is 14.3. The van der Waals surface area contributed by atoms with Crippen LogP contribution in [0.5, 0.6) is 0 Å². The maximum atomic E-state index is 8.97. The molecule has 1 fully saturated rings. The number of nitrogens with one attached hydrogen (secondary N) is 1. The van der Waals surface area contributed by atoms with E-state index in [1.165, 1.54) is 32.1 Å². The number of benzene rings is 1. The molecule has 0 aromatic heterocycles. The third kappa shape index (κ3) is 5.33. The first-order chi connectivity index (χ1) is 10.2. The first-order valence-corrected chi connectivity index (χ1v) is 8.63. The van der Waals surface area contributed by atoms with Gasteiger partial charge in [0.25, 0.3) is 0 Å². The third-order valence-electron chi connectivity index (χ3n) is 4.24. The van der Waals surface area contributed by atoms with E-state index in [1.54, 1.807) is 0 Å². The van der Waals surface area contributed by atoms with Crippen molar-refractivity contribution in [1.82, 2.24) is 4.90 Å². The Morgan fingerprint density at radius 2 is 2.05 bits per heavy atom. The van der Waals surface area contributed by atoms with E-state index in [4.69, 9.17) is 5.26 Å². The van der Waals surface area contributed by atoms with Gasteiger partial charge in [-0.25, -0.2) is 0 Å². The zero-order chi connectivity index (χ0) is 15.1. The van der Waals surface area contributed by atoms with Crippen LogP contribution in [0.3, 0.4) is 0 Å². The van der Waals surface area contributed by atoms with Crippen LogP contribution in [0.1, 0.15) is 44.1 Å². The summed E-state index contributed by atoms with van der Waals surface area (Å²) in [7, 11) is 2.25. The number of halogens is 1. The van der Waals surface area contributed by atoms with E-state index >= 15 is 0 Å². The Balaban J connectivity index is 1.72. The summed E-state index contributed by atoms with van der Waals surface area (Å²) >= 11 is 3.44. The van der Waals surface area contributed by atoms with Crippen molar-refractivity contribution in [3.63, 3.8) is 0 Å². The van der Waals surface area contributed by atoms with Crippen LogP contribution in [0.2, 0.25) is 0 Å². The molecule has 4 heteroatoms. The number of anilines is 1. The highest BCUT2D eigenvalue weighted by Crippen LogP contribution is 2.22. The molecule has 1 aliphatic rings. The van der Waals surface area contributed by atoms with E-state index in [0.29, 0.717) is 5.56 Å². The van der Waals surface area contributed by atoms with E-state index in [0.717, 1.165) is 35.7 Å². The highest BCUT2D eigenvalue weighted by molar-refractivity contribution is 9.10. The second kappa shape index (κ2) is 8.41. The minimum Gasteiger partial charge on any atom is -0.385 e. The molecule has 0 heterocycles. The first-order valence-electron chi connectivity index (χ1n) is 7.84. The van der Waals surface area contributed by atoms with Crippen molar-refractivity contribution in [1.29, 1.82) is 5.26 Å². The fourth-order valence-corrected chi connectivity index (χ4v) is 3.52. The summed E-state index contributed by atoms with van der Waals surface area (Å²) < 4.78 is 0.948. The number of nitrogens with zero attached hydrogens (tertiary/aromatic N) is 2. The second-order valence-electron chi connectivity index (χ2n) is 5.89. The lowest BCUT2D eigenvalue weighted by molar-refractivity contribution is 0.191. The van der Waals surface area contributed by atoms with Gasteiger partial charge in [-0.05, 0) is 51.1 Å². The highest BCUT2D eigenvalue weighted by atomic mass is 79.9. The number of nitriles is 1. The third-order valence-corrected chi connectivity index (χ3v) is 4.70. The molecule has 1 N–H and O–H groups in total. The smallest absolute Gasteiger partial charge is 0.0992 e. The second-order valence-corrected chi connectivity index (χ2v) is 6.81. The molecular weight excluding hydrogens is 326 g/mol. The maximum Gasteiger partial charge on any atom is 0.0992 e. The van der Waals surface area contributed by atoms with Crippen LogP contribution in [0.15, 0.2) is 22.7 Å². The lowest BCUT2D eigenvalue weighted by Gasteiger charge is -2.31. The summed E-state index contributed by atoms with van der Waals surface area (Å²) in [6.07, 6.45) is 8.05. The molecule has 0 amide bonds. The fraction of sp³-hybridized carbons (Fsp3) is 0.588. The van der Waals surface area contributed by atoms with Gasteiger partial charge in [0.15, 0.2) is 0 Å². The van der Waals surface area contributed by atoms with Gasteiger partial charge in [0.1, 0.15) is 0 Å². The summed E-state index contributed by atoms with van der Waals surface area (Å²) in [5.74, 6) is 0. The molecule has 0 atom stereocenters. The average Bonchev–Trinajstić information content (AvgIpc) is 2.51. The summed E-state index contributed by atoms with van der Waals surface area (Å²) in [4.78, 5) is 2.52. The molecule has 114 valence electrons. The van der Waals surface area contributed by atoms with Crippen molar-refractivity contribution in [2.75, 3.05) is 25.5 Å². The molecule has 0 saturated heterocycles. The molecule has 21 heavy (non-hydrogen) atoms. The number of hydrogen-bond acceptors (Lipinski definition) is 3. The lowest BCUT2D eigenvalue weighted by atomic mass is 9.94. The van der Waals surface area contributed by atoms with Gasteiger partial charge in [0, 0.05) is 22.7 Å². The Kier molecular flexibility index (Phi) is 6.53. The molecule has 1 aromatic carbocycles. The molecule has 1 aromatic rings. The molecule has 0 radical (unpaired) electrons. The van der Waals surface area contributed by atoms with Gasteiger partial charge in [0.05, 0.1) is 11.6 Å². The predicted molar refractivity (Wildman–Crippen MR) is 91.5 cm³/mol. The molecule has 0 aliphatic heterocycles. The number of rotatable bonds is 6. The first kappa shape index (κ1) is 16.3. The Hall–Kier alpha value is -1.05. The van der Waals surface area contributed by atoms with Gasteiger partial charge in [0.2, 0.25) is 0 Å². The minimum absolute atomic E-state index is 0.686. The predicted octanol–water partition coefficient (Wildman–Crippen LogP) is 4.39. The summed E-state index contributed by atoms with van der Waals surface area (Å²) in [5.41, 5.74) is 1.70. The zero-order valence-electron chi connectivity index (χ0n) is 12.7. The van der Waals surface area contributed by atoms with Gasteiger partial charge >= 0.3 is 0 Å². The van der Waals surface area contributed by atoms with Gasteiger partial charge in [-0.3, -0.25) is 0 Å². The van der Waals surface area contributed by atoms with Crippen molar-refractivity contribution in [3.05, 3.63) is 28.2 Å². The molecule has 0 spiro atoms. The topological polar surface area (TPSA) is 39.1 Å². The van der Waals surface area contributed by atoms with E-state index in [1.807, 2.05) is 18.2 Å². The Labute approximate surface area is 136 Å². The minimum atomic E-state index is 0.686. The van der Waals surface area contributed by atoms with E-state index in [9.17, 15) is 0 Å². The lowest BCUT2D eigenvalue weighted by Crippen LogP contribution is -2.34. The van der Waals surface area contributed by atoms with E-state index in [2.05, 4.69) is 39.3 Å². The molecule has 2 rings (SSSR count). The van der Waals surface area contributed by atoms with E-state index < -0.39 is 0 Å². The van der Waals surface area contributed by atoms with Crippen molar-refractivity contribution >= 4 is 21.6 Å². The van der Waals surface area contributed by atoms with Crippen molar-refractivity contribution < 1.29 is 0 Å². The van der Waals surface area contributed by atoms with Gasteiger partial charge in [-0.15, -0.1) is 0 Å². The fourth-order valence-electron chi connectivity index (χ4n) is 3.02. The van der Waals surface area contributed by atoms with Crippen LogP contribution in [0.25, 0.3) is 0 Å². The molecule has 1 aliphatic carbocycles. The average molecular weight is 350 g/mol. The number of hydrogen-bond donors (Lipinski definition) is 1. The largest absolute Gasteiger partial charge is 0.385 e. The maximum absolute atomic E-state index is 8.97. The molecular formula is C17H24BrN3. The van der Waals surface area contributed by atoms with Crippen LogP contribution in [0, 0.1) is 11.3 Å². The van der Waals surface area contributed by atoms with Crippen molar-refractivity contribution in [2.24, 2.45) is 0 Å². The van der Waals surface area contributed by atoms with Crippen molar-refractivity contribution in [3.8, 4) is 6.07 Å².